The van der Waals surface area contributed by atoms with Crippen molar-refractivity contribution in [2.75, 3.05) is 22.5 Å². The van der Waals surface area contributed by atoms with E-state index in [1.165, 1.54) is 11.8 Å². The van der Waals surface area contributed by atoms with Crippen LogP contribution in [0.15, 0.2) is 34.9 Å². The van der Waals surface area contributed by atoms with Gasteiger partial charge in [-0.3, -0.25) is 14.4 Å². The molecule has 1 aromatic carbocycles. The summed E-state index contributed by atoms with van der Waals surface area (Å²) in [6, 6.07) is 9.25. The second kappa shape index (κ2) is 9.60. The molecule has 0 spiro atoms. The highest BCUT2D eigenvalue weighted by Gasteiger charge is 2.21. The van der Waals surface area contributed by atoms with E-state index in [1.54, 1.807) is 24.8 Å². The standard InChI is InChI=1S/C20H24N4O4S/c1-13-10-17(23-28-13)22-20(27)14(2)29-12-18(25)21-11-15-5-7-16(8-6-15)24-9-3-4-19(24)26/h5-8,10,14H,3-4,9,11-12H2,1-2H3,(H,21,25)(H,22,23,27)/t14-/m0/s1. The molecule has 1 saturated heterocycles. The highest BCUT2D eigenvalue weighted by Crippen LogP contribution is 2.21. The molecule has 0 bridgehead atoms. The molecule has 8 nitrogen and oxygen atoms in total. The van der Waals surface area contributed by atoms with E-state index in [0.29, 0.717) is 24.5 Å². The van der Waals surface area contributed by atoms with Gasteiger partial charge in [-0.25, -0.2) is 0 Å². The molecule has 1 aromatic heterocycles. The van der Waals surface area contributed by atoms with Crippen molar-refractivity contribution in [3.63, 3.8) is 0 Å². The van der Waals surface area contributed by atoms with Crippen LogP contribution in [0.2, 0.25) is 0 Å². The molecule has 2 N–H and O–H groups in total. The van der Waals surface area contributed by atoms with Crippen molar-refractivity contribution in [2.45, 2.75) is 38.5 Å². The second-order valence-corrected chi connectivity index (χ2v) is 8.19. The Bertz CT molecular complexity index is 881. The Kier molecular flexibility index (Phi) is 6.92. The number of nitrogens with one attached hydrogen (secondary N) is 2. The fourth-order valence-corrected chi connectivity index (χ4v) is 3.61. The van der Waals surface area contributed by atoms with Crippen LogP contribution in [-0.2, 0) is 20.9 Å². The monoisotopic (exact) mass is 416 g/mol. The minimum absolute atomic E-state index is 0.147. The third-order valence-electron chi connectivity index (χ3n) is 4.52. The summed E-state index contributed by atoms with van der Waals surface area (Å²) < 4.78 is 4.90. The number of nitrogens with zero attached hydrogens (tertiary/aromatic N) is 2. The Morgan fingerprint density at radius 3 is 2.69 bits per heavy atom. The normalized spacial score (nSPS) is 14.7. The van der Waals surface area contributed by atoms with Crippen LogP contribution >= 0.6 is 11.8 Å². The maximum atomic E-state index is 12.1. The van der Waals surface area contributed by atoms with Gasteiger partial charge in [-0.05, 0) is 38.0 Å². The summed E-state index contributed by atoms with van der Waals surface area (Å²) in [5.74, 6) is 0.921. The fourth-order valence-electron chi connectivity index (χ4n) is 2.90. The predicted molar refractivity (Wildman–Crippen MR) is 112 cm³/mol. The molecule has 0 aliphatic carbocycles. The molecule has 1 atom stereocenters. The summed E-state index contributed by atoms with van der Waals surface area (Å²) in [5.41, 5.74) is 1.84. The van der Waals surface area contributed by atoms with Crippen LogP contribution < -0.4 is 15.5 Å². The summed E-state index contributed by atoms with van der Waals surface area (Å²) in [4.78, 5) is 37.8. The molecule has 154 valence electrons. The first-order chi connectivity index (χ1) is 13.9. The summed E-state index contributed by atoms with van der Waals surface area (Å²) in [5, 5.41) is 8.80. The number of rotatable bonds is 8. The van der Waals surface area contributed by atoms with Gasteiger partial charge in [0.2, 0.25) is 17.7 Å². The van der Waals surface area contributed by atoms with Crippen LogP contribution in [0.25, 0.3) is 0 Å². The van der Waals surface area contributed by atoms with Gasteiger partial charge >= 0.3 is 0 Å². The summed E-state index contributed by atoms with van der Waals surface area (Å²) in [6.45, 7) is 4.63. The van der Waals surface area contributed by atoms with Gasteiger partial charge in [0, 0.05) is 31.3 Å². The van der Waals surface area contributed by atoms with Gasteiger partial charge in [-0.2, -0.15) is 0 Å². The minimum Gasteiger partial charge on any atom is -0.360 e. The van der Waals surface area contributed by atoms with E-state index in [1.807, 2.05) is 24.3 Å². The number of amides is 3. The first-order valence-electron chi connectivity index (χ1n) is 9.44. The van der Waals surface area contributed by atoms with E-state index in [-0.39, 0.29) is 23.5 Å². The van der Waals surface area contributed by atoms with E-state index in [9.17, 15) is 14.4 Å². The van der Waals surface area contributed by atoms with Gasteiger partial charge < -0.3 is 20.1 Å². The highest BCUT2D eigenvalue weighted by molar-refractivity contribution is 8.01. The van der Waals surface area contributed by atoms with E-state index in [2.05, 4.69) is 15.8 Å². The number of carbonyl (C=O) groups excluding carboxylic acids is 3. The molecule has 29 heavy (non-hydrogen) atoms. The molecule has 3 rings (SSSR count). The summed E-state index contributed by atoms with van der Waals surface area (Å²) >= 11 is 1.25. The van der Waals surface area contributed by atoms with Crippen molar-refractivity contribution < 1.29 is 18.9 Å². The summed E-state index contributed by atoms with van der Waals surface area (Å²) in [7, 11) is 0. The smallest absolute Gasteiger partial charge is 0.238 e. The Balaban J connectivity index is 1.39. The van der Waals surface area contributed by atoms with Gasteiger partial charge in [-0.15, -0.1) is 11.8 Å². The third kappa shape index (κ3) is 5.83. The number of hydrogen-bond donors (Lipinski definition) is 2. The molecule has 1 fully saturated rings. The van der Waals surface area contributed by atoms with Crippen LogP contribution in [0.5, 0.6) is 0 Å². The third-order valence-corrected chi connectivity index (χ3v) is 5.67. The van der Waals surface area contributed by atoms with Crippen LogP contribution in [0.1, 0.15) is 31.1 Å². The first-order valence-corrected chi connectivity index (χ1v) is 10.5. The molecule has 2 aromatic rings. The molecule has 0 unspecified atom stereocenters. The van der Waals surface area contributed by atoms with Gasteiger partial charge in [0.05, 0.1) is 11.0 Å². The molecule has 1 aliphatic rings. The molecule has 0 radical (unpaired) electrons. The Hall–Kier alpha value is -2.81. The molecule has 3 amide bonds. The number of aryl methyl sites for hydroxylation is 1. The fraction of sp³-hybridized carbons (Fsp3) is 0.400. The van der Waals surface area contributed by atoms with E-state index < -0.39 is 5.25 Å². The molecular formula is C20H24N4O4S. The average Bonchev–Trinajstić information content (AvgIpc) is 3.32. The first kappa shape index (κ1) is 20.9. The van der Waals surface area contributed by atoms with E-state index in [0.717, 1.165) is 24.2 Å². The molecule has 9 heteroatoms. The number of anilines is 2. The van der Waals surface area contributed by atoms with Crippen molar-refractivity contribution in [3.8, 4) is 0 Å². The highest BCUT2D eigenvalue weighted by atomic mass is 32.2. The van der Waals surface area contributed by atoms with Crippen molar-refractivity contribution in [1.82, 2.24) is 10.5 Å². The molecular weight excluding hydrogens is 392 g/mol. The molecule has 2 heterocycles. The predicted octanol–water partition coefficient (Wildman–Crippen LogP) is 2.49. The molecule has 1 aliphatic heterocycles. The lowest BCUT2D eigenvalue weighted by Crippen LogP contribution is -2.28. The minimum atomic E-state index is -0.407. The van der Waals surface area contributed by atoms with E-state index in [4.69, 9.17) is 4.52 Å². The van der Waals surface area contributed by atoms with Gasteiger partial charge in [-0.1, -0.05) is 17.3 Å². The van der Waals surface area contributed by atoms with Gasteiger partial charge in [0.15, 0.2) is 5.82 Å². The van der Waals surface area contributed by atoms with Crippen LogP contribution in [0.3, 0.4) is 0 Å². The quantitative estimate of drug-likeness (QED) is 0.685. The van der Waals surface area contributed by atoms with Crippen molar-refractivity contribution in [1.29, 1.82) is 0 Å². The zero-order valence-corrected chi connectivity index (χ0v) is 17.3. The number of thioether (sulfide) groups is 1. The Morgan fingerprint density at radius 2 is 2.07 bits per heavy atom. The Labute approximate surface area is 173 Å². The second-order valence-electron chi connectivity index (χ2n) is 6.86. The largest absolute Gasteiger partial charge is 0.360 e. The SMILES string of the molecule is Cc1cc(NC(=O)[C@H](C)SCC(=O)NCc2ccc(N3CCCC3=O)cc2)no1. The lowest BCUT2D eigenvalue weighted by atomic mass is 10.2. The average molecular weight is 417 g/mol. The number of benzene rings is 1. The van der Waals surface area contributed by atoms with Crippen LogP contribution in [0, 0.1) is 6.92 Å². The number of hydrogen-bond acceptors (Lipinski definition) is 6. The number of aromatic nitrogens is 1. The van der Waals surface area contributed by atoms with Crippen LogP contribution in [0.4, 0.5) is 11.5 Å². The van der Waals surface area contributed by atoms with Crippen LogP contribution in [-0.4, -0.2) is 40.4 Å². The van der Waals surface area contributed by atoms with Gasteiger partial charge in [0.1, 0.15) is 5.76 Å². The van der Waals surface area contributed by atoms with Crippen molar-refractivity contribution in [2.24, 2.45) is 0 Å². The lowest BCUT2D eigenvalue weighted by Gasteiger charge is -2.16. The van der Waals surface area contributed by atoms with Crippen molar-refractivity contribution in [3.05, 3.63) is 41.7 Å². The topological polar surface area (TPSA) is 105 Å². The maximum Gasteiger partial charge on any atom is 0.238 e. The summed E-state index contributed by atoms with van der Waals surface area (Å²) in [6.07, 6.45) is 1.49. The molecule has 0 saturated carbocycles. The van der Waals surface area contributed by atoms with E-state index >= 15 is 0 Å². The zero-order chi connectivity index (χ0) is 20.8. The van der Waals surface area contributed by atoms with Gasteiger partial charge in [0.25, 0.3) is 0 Å². The Morgan fingerprint density at radius 1 is 1.31 bits per heavy atom. The number of carbonyl (C=O) groups is 3. The lowest BCUT2D eigenvalue weighted by molar-refractivity contribution is -0.119. The maximum absolute atomic E-state index is 12.1. The van der Waals surface area contributed by atoms with Crippen molar-refractivity contribution >= 4 is 41.0 Å². The zero-order valence-electron chi connectivity index (χ0n) is 16.4.